The highest BCUT2D eigenvalue weighted by atomic mass is 35.5. The van der Waals surface area contributed by atoms with Crippen LogP contribution in [0, 0.1) is 5.92 Å². The van der Waals surface area contributed by atoms with Gasteiger partial charge in [0.15, 0.2) is 11.2 Å². The molecule has 0 aliphatic heterocycles. The van der Waals surface area contributed by atoms with Gasteiger partial charge in [-0.25, -0.2) is 4.98 Å². The maximum atomic E-state index is 11.9. The Balaban J connectivity index is 0.00000420. The third-order valence-electron chi connectivity index (χ3n) is 2.99. The summed E-state index contributed by atoms with van der Waals surface area (Å²) in [4.78, 5) is 33.6. The Labute approximate surface area is 155 Å². The van der Waals surface area contributed by atoms with Crippen molar-refractivity contribution in [1.82, 2.24) is 19.5 Å². The Morgan fingerprint density at radius 3 is 2.88 bits per heavy atom. The number of hydrogen-bond acceptors (Lipinski definition) is 8. The molecule has 2 aromatic heterocycles. The number of aromatic amines is 1. The van der Waals surface area contributed by atoms with Gasteiger partial charge in [-0.15, -0.1) is 12.4 Å². The maximum absolute atomic E-state index is 11.9. The van der Waals surface area contributed by atoms with E-state index in [4.69, 9.17) is 21.7 Å². The second-order valence-corrected chi connectivity index (χ2v) is 5.47. The van der Waals surface area contributed by atoms with Gasteiger partial charge in [0.05, 0.1) is 18.4 Å². The number of fused-ring (bicyclic) bond motifs is 1. The van der Waals surface area contributed by atoms with Gasteiger partial charge < -0.3 is 20.9 Å². The molecule has 0 saturated carbocycles. The number of nitrogens with one attached hydrogen (secondary N) is 1. The molecule has 0 bridgehead atoms. The van der Waals surface area contributed by atoms with Crippen LogP contribution in [0.5, 0.6) is 0 Å². The van der Waals surface area contributed by atoms with Crippen molar-refractivity contribution < 1.29 is 19.8 Å². The summed E-state index contributed by atoms with van der Waals surface area (Å²) >= 11 is 0. The molecule has 0 aliphatic rings. The number of nitrogens with two attached hydrogens (primary N) is 2. The van der Waals surface area contributed by atoms with Crippen molar-refractivity contribution in [3.8, 4) is 0 Å². The Kier molecular flexibility index (Phi) is 5.65. The van der Waals surface area contributed by atoms with Gasteiger partial charge in [0.2, 0.25) is 5.95 Å². The van der Waals surface area contributed by atoms with Crippen molar-refractivity contribution in [3.63, 3.8) is 0 Å². The number of carbonyl (C=O) groups excluding carboxylic acids is 1. The van der Waals surface area contributed by atoms with Crippen LogP contribution in [0.1, 0.15) is 25.8 Å². The molecule has 0 amide bonds. The number of aromatic nitrogens is 4. The number of imidazole rings is 1. The van der Waals surface area contributed by atoms with E-state index >= 15 is 0 Å². The highest BCUT2D eigenvalue weighted by molar-refractivity contribution is 5.85. The second kappa shape index (κ2) is 9.35. The minimum absolute atomic E-state index is 0. The molecule has 2 heterocycles. The van der Waals surface area contributed by atoms with Gasteiger partial charge >= 0.3 is 5.97 Å². The van der Waals surface area contributed by atoms with Crippen LogP contribution in [0.15, 0.2) is 11.1 Å². The number of nitrogen functional groups attached to an aromatic ring is 1. The van der Waals surface area contributed by atoms with Crippen molar-refractivity contribution in [1.29, 1.82) is 0 Å². The minimum Gasteiger partial charge on any atom is -0.462 e. The maximum Gasteiger partial charge on any atom is 0.322 e. The fourth-order valence-electron chi connectivity index (χ4n) is 1.95. The van der Waals surface area contributed by atoms with Crippen molar-refractivity contribution in [2.24, 2.45) is 11.7 Å². The molecule has 140 valence electrons. The van der Waals surface area contributed by atoms with E-state index in [1.54, 1.807) is 0 Å². The van der Waals surface area contributed by atoms with Gasteiger partial charge in [0, 0.05) is 0 Å². The molecule has 0 aliphatic carbocycles. The van der Waals surface area contributed by atoms with Crippen LogP contribution < -0.4 is 17.0 Å². The van der Waals surface area contributed by atoms with Crippen LogP contribution in [0.25, 0.3) is 11.2 Å². The van der Waals surface area contributed by atoms with E-state index < -0.39 is 37.4 Å². The van der Waals surface area contributed by atoms with Crippen molar-refractivity contribution in [2.45, 2.75) is 33.0 Å². The summed E-state index contributed by atoms with van der Waals surface area (Å²) in [6.45, 7) is -3.09. The largest absolute Gasteiger partial charge is 0.462 e. The zero-order chi connectivity index (χ0) is 21.3. The second-order valence-electron chi connectivity index (χ2n) is 5.47. The number of hydrogen-bond donors (Lipinski definition) is 3. The number of nitrogens with zero attached hydrogens (tertiary/aromatic N) is 3. The summed E-state index contributed by atoms with van der Waals surface area (Å²) in [6.07, 6.45) is 1.41. The van der Waals surface area contributed by atoms with Gasteiger partial charge in [-0.05, 0) is 12.3 Å². The highest BCUT2D eigenvalue weighted by Gasteiger charge is 2.16. The van der Waals surface area contributed by atoms with E-state index in [0.29, 0.717) is 0 Å². The summed E-state index contributed by atoms with van der Waals surface area (Å²) in [5.41, 5.74) is 10.5. The molecule has 0 radical (unpaired) electrons. The first-order chi connectivity index (χ1) is 12.8. The summed E-state index contributed by atoms with van der Waals surface area (Å²) in [7, 11) is 0. The van der Waals surface area contributed by atoms with E-state index in [9.17, 15) is 9.59 Å². The monoisotopic (exact) mass is 378 g/mol. The lowest BCUT2D eigenvalue weighted by Gasteiger charge is -2.13. The fourth-order valence-corrected chi connectivity index (χ4v) is 1.95. The summed E-state index contributed by atoms with van der Waals surface area (Å²) < 4.78 is 41.8. The van der Waals surface area contributed by atoms with E-state index in [1.807, 2.05) is 13.8 Å². The topological polar surface area (TPSA) is 151 Å². The van der Waals surface area contributed by atoms with Crippen molar-refractivity contribution >= 4 is 35.5 Å². The van der Waals surface area contributed by atoms with Gasteiger partial charge in [0.1, 0.15) is 19.3 Å². The van der Waals surface area contributed by atoms with Crippen LogP contribution in [-0.2, 0) is 21.0 Å². The first-order valence-electron chi connectivity index (χ1n) is 9.17. The van der Waals surface area contributed by atoms with Gasteiger partial charge in [-0.1, -0.05) is 13.8 Å². The van der Waals surface area contributed by atoms with Crippen LogP contribution in [-0.4, -0.2) is 44.6 Å². The number of halogens is 1. The Bertz CT molecular complexity index is 919. The Hall–Kier alpha value is -2.17. The molecule has 0 aromatic carbocycles. The summed E-state index contributed by atoms with van der Waals surface area (Å²) in [5, 5.41) is 0. The van der Waals surface area contributed by atoms with Gasteiger partial charge in [-0.3, -0.25) is 19.1 Å². The number of anilines is 1. The van der Waals surface area contributed by atoms with Crippen LogP contribution in [0.3, 0.4) is 0 Å². The standard InChI is InChI=1S/C14H22N6O4.ClH/c1-8(2)5-9(15)13(22)24-4-3-23-7-20-6-17-10-11(20)18-14(16)19-12(10)21;/h6,8-9H,3-5,7,15H2,1-2H3,(H3,16,18,19,21);1H/t9-;/m0./s1/i3D2,4D2;. The Morgan fingerprint density at radius 1 is 1.48 bits per heavy atom. The van der Waals surface area contributed by atoms with E-state index in [2.05, 4.69) is 19.7 Å². The quantitative estimate of drug-likeness (QED) is 0.543. The lowest BCUT2D eigenvalue weighted by atomic mass is 10.1. The molecule has 0 saturated heterocycles. The smallest absolute Gasteiger partial charge is 0.322 e. The third-order valence-corrected chi connectivity index (χ3v) is 2.99. The number of H-pyrrole nitrogens is 1. The minimum atomic E-state index is -3.13. The number of ether oxygens (including phenoxy) is 2. The lowest BCUT2D eigenvalue weighted by molar-refractivity contribution is -0.147. The van der Waals surface area contributed by atoms with E-state index in [0.717, 1.165) is 10.9 Å². The molecular formula is C14H23ClN6O4. The molecule has 2 rings (SSSR count). The van der Waals surface area contributed by atoms with E-state index in [-0.39, 0.29) is 41.9 Å². The molecule has 0 fully saturated rings. The summed E-state index contributed by atoms with van der Waals surface area (Å²) in [5.74, 6) is -1.19. The van der Waals surface area contributed by atoms with Gasteiger partial charge in [0.25, 0.3) is 5.56 Å². The lowest BCUT2D eigenvalue weighted by Crippen LogP contribution is -2.34. The molecule has 0 unspecified atom stereocenters. The van der Waals surface area contributed by atoms with Crippen LogP contribution in [0.4, 0.5) is 5.95 Å². The molecule has 10 nitrogen and oxygen atoms in total. The molecule has 2 aromatic rings. The molecule has 0 spiro atoms. The number of esters is 1. The predicted octanol–water partition coefficient (Wildman–Crippen LogP) is 0.0143. The highest BCUT2D eigenvalue weighted by Crippen LogP contribution is 2.06. The first-order valence-corrected chi connectivity index (χ1v) is 7.17. The molecule has 25 heavy (non-hydrogen) atoms. The molecule has 1 atom stereocenters. The van der Waals surface area contributed by atoms with Crippen molar-refractivity contribution in [3.05, 3.63) is 16.7 Å². The van der Waals surface area contributed by atoms with Crippen LogP contribution >= 0.6 is 12.4 Å². The average Bonchev–Trinajstić information content (AvgIpc) is 2.95. The molecule has 5 N–H and O–H groups in total. The first kappa shape index (κ1) is 15.1. The van der Waals surface area contributed by atoms with Crippen LogP contribution in [0.2, 0.25) is 0 Å². The third kappa shape index (κ3) is 5.69. The normalized spacial score (nSPS) is 15.7. The zero-order valence-corrected chi connectivity index (χ0v) is 14.5. The predicted molar refractivity (Wildman–Crippen MR) is 94.2 cm³/mol. The average molecular weight is 379 g/mol. The number of carbonyl (C=O) groups is 1. The SMILES string of the molecule is Cl.[2H]C([2H])(OCn1cnc2c(=O)[nH]c(N)nc21)C([2H])([2H])OC(=O)[C@@H](N)CC(C)C. The Morgan fingerprint density at radius 2 is 2.20 bits per heavy atom. The van der Waals surface area contributed by atoms with E-state index in [1.165, 1.54) is 0 Å². The molecule has 11 heteroatoms. The number of rotatable bonds is 8. The molecular weight excluding hydrogens is 352 g/mol. The zero-order valence-electron chi connectivity index (χ0n) is 17.7. The van der Waals surface area contributed by atoms with Gasteiger partial charge in [-0.2, -0.15) is 4.98 Å². The fraction of sp³-hybridized carbons (Fsp3) is 0.571. The van der Waals surface area contributed by atoms with Crippen molar-refractivity contribution in [2.75, 3.05) is 18.9 Å². The summed E-state index contributed by atoms with van der Waals surface area (Å²) in [6, 6.07) is -1.10.